The lowest BCUT2D eigenvalue weighted by molar-refractivity contribution is 0.0287. The van der Waals surface area contributed by atoms with Crippen molar-refractivity contribution in [1.82, 2.24) is 10.3 Å². The predicted octanol–water partition coefficient (Wildman–Crippen LogP) is 1.14. The third-order valence-electron chi connectivity index (χ3n) is 2.34. The molecule has 1 atom stereocenters. The number of methoxy groups -OCH3 is 2. The van der Waals surface area contributed by atoms with Crippen LogP contribution in [0.1, 0.15) is 11.3 Å². The normalized spacial score (nSPS) is 12.7. The molecule has 0 saturated carbocycles. The van der Waals surface area contributed by atoms with E-state index in [2.05, 4.69) is 16.4 Å². The summed E-state index contributed by atoms with van der Waals surface area (Å²) in [7, 11) is 3.36. The van der Waals surface area contributed by atoms with Crippen molar-refractivity contribution in [2.45, 2.75) is 19.6 Å². The molecule has 0 aliphatic heterocycles. The molecule has 0 bridgehead atoms. The molecule has 0 fully saturated rings. The van der Waals surface area contributed by atoms with E-state index < -0.39 is 0 Å². The number of rotatable bonds is 7. The first-order valence-electron chi connectivity index (χ1n) is 5.40. The Hall–Kier alpha value is -0.970. The smallest absolute Gasteiger partial charge is 0.0928 e. The number of hydrogen-bond acceptors (Lipinski definition) is 4. The van der Waals surface area contributed by atoms with Gasteiger partial charge >= 0.3 is 0 Å². The van der Waals surface area contributed by atoms with E-state index in [9.17, 15) is 0 Å². The Bertz CT molecular complexity index is 288. The van der Waals surface area contributed by atoms with E-state index in [0.29, 0.717) is 6.61 Å². The molecular weight excluding hydrogens is 204 g/mol. The van der Waals surface area contributed by atoms with Crippen LogP contribution < -0.4 is 5.32 Å². The minimum atomic E-state index is 0.0930. The zero-order chi connectivity index (χ0) is 11.8. The number of aryl methyl sites for hydroxylation is 1. The Morgan fingerprint density at radius 1 is 1.38 bits per heavy atom. The number of nitrogens with one attached hydrogen (secondary N) is 1. The van der Waals surface area contributed by atoms with Crippen LogP contribution in [0.25, 0.3) is 0 Å². The maximum Gasteiger partial charge on any atom is 0.0928 e. The summed E-state index contributed by atoms with van der Waals surface area (Å²) in [5.74, 6) is 0. The standard InChI is InChI=1S/C12H20N2O2/c1-10-4-5-11(14-6-10)7-13-8-12(16-3)9-15-2/h4-6,12-13H,7-9H2,1-3H3. The number of ether oxygens (including phenoxy) is 2. The minimum absolute atomic E-state index is 0.0930. The average molecular weight is 224 g/mol. The van der Waals surface area contributed by atoms with Gasteiger partial charge in [-0.2, -0.15) is 0 Å². The molecule has 0 aromatic carbocycles. The van der Waals surface area contributed by atoms with Gasteiger partial charge in [-0.05, 0) is 18.6 Å². The fourth-order valence-corrected chi connectivity index (χ4v) is 1.36. The van der Waals surface area contributed by atoms with Crippen LogP contribution >= 0.6 is 0 Å². The monoisotopic (exact) mass is 224 g/mol. The summed E-state index contributed by atoms with van der Waals surface area (Å²) in [5, 5.41) is 3.29. The molecule has 16 heavy (non-hydrogen) atoms. The topological polar surface area (TPSA) is 43.4 Å². The van der Waals surface area contributed by atoms with Gasteiger partial charge in [0.05, 0.1) is 18.4 Å². The Balaban J connectivity index is 2.26. The fraction of sp³-hybridized carbons (Fsp3) is 0.583. The van der Waals surface area contributed by atoms with Crippen LogP contribution in [-0.2, 0) is 16.0 Å². The Kier molecular flexibility index (Phi) is 6.00. The molecule has 1 N–H and O–H groups in total. The molecule has 0 aliphatic carbocycles. The first-order chi connectivity index (χ1) is 7.76. The maximum absolute atomic E-state index is 5.24. The van der Waals surface area contributed by atoms with Crippen molar-refractivity contribution >= 4 is 0 Å². The van der Waals surface area contributed by atoms with Gasteiger partial charge in [-0.25, -0.2) is 0 Å². The summed E-state index contributed by atoms with van der Waals surface area (Å²) in [4.78, 5) is 4.31. The zero-order valence-corrected chi connectivity index (χ0v) is 10.2. The second-order valence-corrected chi connectivity index (χ2v) is 3.77. The number of pyridine rings is 1. The first kappa shape index (κ1) is 13.1. The largest absolute Gasteiger partial charge is 0.382 e. The van der Waals surface area contributed by atoms with E-state index >= 15 is 0 Å². The molecule has 4 nitrogen and oxygen atoms in total. The Morgan fingerprint density at radius 2 is 2.19 bits per heavy atom. The number of nitrogens with zero attached hydrogens (tertiary/aromatic N) is 1. The summed E-state index contributed by atoms with van der Waals surface area (Å²) in [5.41, 5.74) is 2.22. The molecule has 0 amide bonds. The van der Waals surface area contributed by atoms with Gasteiger partial charge in [0.15, 0.2) is 0 Å². The van der Waals surface area contributed by atoms with Gasteiger partial charge in [-0.3, -0.25) is 4.98 Å². The quantitative estimate of drug-likeness (QED) is 0.754. The summed E-state index contributed by atoms with van der Waals surface area (Å²) in [6, 6.07) is 4.09. The molecule has 1 aromatic rings. The molecule has 0 radical (unpaired) electrons. The van der Waals surface area contributed by atoms with Gasteiger partial charge in [-0.15, -0.1) is 0 Å². The summed E-state index contributed by atoms with van der Waals surface area (Å²) in [6.45, 7) is 4.15. The molecule has 1 unspecified atom stereocenters. The highest BCUT2D eigenvalue weighted by atomic mass is 16.5. The molecule has 1 aromatic heterocycles. The zero-order valence-electron chi connectivity index (χ0n) is 10.2. The van der Waals surface area contributed by atoms with Crippen LogP contribution in [0.3, 0.4) is 0 Å². The van der Waals surface area contributed by atoms with E-state index in [4.69, 9.17) is 9.47 Å². The van der Waals surface area contributed by atoms with Crippen LogP contribution in [0.2, 0.25) is 0 Å². The Labute approximate surface area is 97.0 Å². The van der Waals surface area contributed by atoms with E-state index in [-0.39, 0.29) is 6.10 Å². The average Bonchev–Trinajstić information content (AvgIpc) is 2.30. The van der Waals surface area contributed by atoms with Gasteiger partial charge in [0.25, 0.3) is 0 Å². The summed E-state index contributed by atoms with van der Waals surface area (Å²) < 4.78 is 10.3. The molecule has 90 valence electrons. The molecule has 4 heteroatoms. The molecular formula is C12H20N2O2. The lowest BCUT2D eigenvalue weighted by Crippen LogP contribution is -2.31. The molecule has 0 saturated heterocycles. The van der Waals surface area contributed by atoms with Crippen molar-refractivity contribution in [3.05, 3.63) is 29.6 Å². The highest BCUT2D eigenvalue weighted by molar-refractivity contribution is 5.11. The molecule has 0 spiro atoms. The molecule has 1 heterocycles. The van der Waals surface area contributed by atoms with Crippen molar-refractivity contribution in [3.63, 3.8) is 0 Å². The summed E-state index contributed by atoms with van der Waals surface area (Å²) in [6.07, 6.45) is 1.97. The van der Waals surface area contributed by atoms with Gasteiger partial charge < -0.3 is 14.8 Å². The van der Waals surface area contributed by atoms with Crippen LogP contribution in [0.5, 0.6) is 0 Å². The highest BCUT2D eigenvalue weighted by Gasteiger charge is 2.05. The number of aromatic nitrogens is 1. The van der Waals surface area contributed by atoms with E-state index in [0.717, 1.165) is 18.8 Å². The van der Waals surface area contributed by atoms with Crippen LogP contribution in [0.15, 0.2) is 18.3 Å². The summed E-state index contributed by atoms with van der Waals surface area (Å²) >= 11 is 0. The lowest BCUT2D eigenvalue weighted by Gasteiger charge is -2.14. The Morgan fingerprint density at radius 3 is 2.75 bits per heavy atom. The second kappa shape index (κ2) is 7.33. The van der Waals surface area contributed by atoms with Crippen LogP contribution in [0.4, 0.5) is 0 Å². The third kappa shape index (κ3) is 4.70. The van der Waals surface area contributed by atoms with Crippen LogP contribution in [0, 0.1) is 6.92 Å². The predicted molar refractivity (Wildman–Crippen MR) is 63.4 cm³/mol. The van der Waals surface area contributed by atoms with E-state index in [1.807, 2.05) is 19.2 Å². The van der Waals surface area contributed by atoms with Gasteiger partial charge in [-0.1, -0.05) is 6.07 Å². The minimum Gasteiger partial charge on any atom is -0.382 e. The van der Waals surface area contributed by atoms with Gasteiger partial charge in [0.1, 0.15) is 0 Å². The molecule has 1 rings (SSSR count). The number of hydrogen-bond donors (Lipinski definition) is 1. The van der Waals surface area contributed by atoms with Crippen molar-refractivity contribution in [3.8, 4) is 0 Å². The maximum atomic E-state index is 5.24. The van der Waals surface area contributed by atoms with Crippen molar-refractivity contribution in [2.24, 2.45) is 0 Å². The highest BCUT2D eigenvalue weighted by Crippen LogP contribution is 1.98. The molecule has 0 aliphatic rings. The third-order valence-corrected chi connectivity index (χ3v) is 2.34. The second-order valence-electron chi connectivity index (χ2n) is 3.77. The van der Waals surface area contributed by atoms with Gasteiger partial charge in [0.2, 0.25) is 0 Å². The van der Waals surface area contributed by atoms with E-state index in [1.165, 1.54) is 5.56 Å². The van der Waals surface area contributed by atoms with Crippen molar-refractivity contribution in [2.75, 3.05) is 27.4 Å². The first-order valence-corrected chi connectivity index (χ1v) is 5.40. The van der Waals surface area contributed by atoms with Crippen molar-refractivity contribution < 1.29 is 9.47 Å². The fourth-order valence-electron chi connectivity index (χ4n) is 1.36. The SMILES string of the molecule is COCC(CNCc1ccc(C)cn1)OC. The van der Waals surface area contributed by atoms with Crippen molar-refractivity contribution in [1.29, 1.82) is 0 Å². The van der Waals surface area contributed by atoms with Crippen LogP contribution in [-0.4, -0.2) is 38.5 Å². The van der Waals surface area contributed by atoms with Gasteiger partial charge in [0, 0.05) is 33.5 Å². The lowest BCUT2D eigenvalue weighted by atomic mass is 10.2. The van der Waals surface area contributed by atoms with E-state index in [1.54, 1.807) is 14.2 Å².